The fourth-order valence-corrected chi connectivity index (χ4v) is 3.32. The number of rotatable bonds is 4. The molecule has 2 aliphatic heterocycles. The molecular formula is C19H19N3O3. The quantitative estimate of drug-likeness (QED) is 0.885. The summed E-state index contributed by atoms with van der Waals surface area (Å²) >= 11 is 0. The lowest BCUT2D eigenvalue weighted by atomic mass is 10.0. The lowest BCUT2D eigenvalue weighted by molar-refractivity contribution is -0.126. The molecule has 2 atom stereocenters. The predicted molar refractivity (Wildman–Crippen MR) is 92.0 cm³/mol. The highest BCUT2D eigenvalue weighted by atomic mass is 16.5. The minimum absolute atomic E-state index is 0.0651. The summed E-state index contributed by atoms with van der Waals surface area (Å²) in [6.07, 6.45) is 3.36. The molecule has 0 radical (unpaired) electrons. The normalized spacial score (nSPS) is 21.4. The topological polar surface area (TPSA) is 80.3 Å². The van der Waals surface area contributed by atoms with Crippen molar-refractivity contribution in [3.8, 4) is 17.0 Å². The van der Waals surface area contributed by atoms with Crippen LogP contribution in [-0.4, -0.2) is 35.5 Å². The highest BCUT2D eigenvalue weighted by Gasteiger charge is 2.30. The number of carbonyl (C=O) groups is 2. The second kappa shape index (κ2) is 6.55. The molecular weight excluding hydrogens is 318 g/mol. The van der Waals surface area contributed by atoms with E-state index < -0.39 is 6.04 Å². The number of carbonyl (C=O) groups excluding carboxylic acids is 2. The standard InChI is InChI=1S/C19H19N3O3/c23-17-8-7-16(22-17)19(24)21-11-13-10-12-4-3-5-14(18(12)25-13)15-6-1-2-9-20-15/h1-6,9,13,16H,7-8,10-11H2,(H,21,24)(H,22,23)/t13-,16-/m0/s1. The summed E-state index contributed by atoms with van der Waals surface area (Å²) in [5.41, 5.74) is 2.96. The number of aromatic nitrogens is 1. The number of benzene rings is 1. The summed E-state index contributed by atoms with van der Waals surface area (Å²) in [6.45, 7) is 0.418. The number of hydrogen-bond acceptors (Lipinski definition) is 4. The average Bonchev–Trinajstić information content (AvgIpc) is 3.26. The Balaban J connectivity index is 1.42. The van der Waals surface area contributed by atoms with Gasteiger partial charge in [-0.3, -0.25) is 14.6 Å². The fourth-order valence-electron chi connectivity index (χ4n) is 3.32. The molecule has 2 aromatic rings. The van der Waals surface area contributed by atoms with Crippen LogP contribution in [0.4, 0.5) is 0 Å². The maximum absolute atomic E-state index is 12.1. The highest BCUT2D eigenvalue weighted by molar-refractivity contribution is 5.90. The molecule has 128 valence electrons. The van der Waals surface area contributed by atoms with E-state index in [1.807, 2.05) is 36.4 Å². The van der Waals surface area contributed by atoms with E-state index in [4.69, 9.17) is 4.74 Å². The average molecular weight is 337 g/mol. The van der Waals surface area contributed by atoms with Gasteiger partial charge in [-0.2, -0.15) is 0 Å². The van der Waals surface area contributed by atoms with Gasteiger partial charge in [-0.1, -0.05) is 18.2 Å². The first-order valence-electron chi connectivity index (χ1n) is 8.48. The Hall–Kier alpha value is -2.89. The molecule has 0 spiro atoms. The number of nitrogens with one attached hydrogen (secondary N) is 2. The molecule has 0 aliphatic carbocycles. The zero-order valence-corrected chi connectivity index (χ0v) is 13.7. The molecule has 3 heterocycles. The first kappa shape index (κ1) is 15.6. The molecule has 1 aromatic carbocycles. The summed E-state index contributed by atoms with van der Waals surface area (Å²) < 4.78 is 6.08. The van der Waals surface area contributed by atoms with Gasteiger partial charge in [0.15, 0.2) is 0 Å². The van der Waals surface area contributed by atoms with Crippen molar-refractivity contribution in [1.82, 2.24) is 15.6 Å². The number of nitrogens with zero attached hydrogens (tertiary/aromatic N) is 1. The van der Waals surface area contributed by atoms with Crippen molar-refractivity contribution in [3.63, 3.8) is 0 Å². The van der Waals surface area contributed by atoms with Crippen LogP contribution in [0.3, 0.4) is 0 Å². The molecule has 1 aromatic heterocycles. The fraction of sp³-hybridized carbons (Fsp3) is 0.316. The maximum Gasteiger partial charge on any atom is 0.242 e. The number of pyridine rings is 1. The molecule has 4 rings (SSSR count). The van der Waals surface area contributed by atoms with E-state index in [0.717, 1.165) is 29.0 Å². The van der Waals surface area contributed by atoms with Gasteiger partial charge in [-0.25, -0.2) is 0 Å². The van der Waals surface area contributed by atoms with Crippen molar-refractivity contribution < 1.29 is 14.3 Å². The summed E-state index contributed by atoms with van der Waals surface area (Å²) in [4.78, 5) is 27.7. The predicted octanol–water partition coefficient (Wildman–Crippen LogP) is 1.45. The van der Waals surface area contributed by atoms with Crippen LogP contribution in [-0.2, 0) is 16.0 Å². The van der Waals surface area contributed by atoms with Crippen LogP contribution >= 0.6 is 0 Å². The Bertz CT molecular complexity index is 807. The smallest absolute Gasteiger partial charge is 0.242 e. The van der Waals surface area contributed by atoms with E-state index in [-0.39, 0.29) is 17.9 Å². The van der Waals surface area contributed by atoms with Crippen molar-refractivity contribution in [2.45, 2.75) is 31.4 Å². The van der Waals surface area contributed by atoms with Crippen LogP contribution in [0.25, 0.3) is 11.3 Å². The van der Waals surface area contributed by atoms with E-state index in [9.17, 15) is 9.59 Å². The van der Waals surface area contributed by atoms with Crippen molar-refractivity contribution in [1.29, 1.82) is 0 Å². The van der Waals surface area contributed by atoms with Gasteiger partial charge in [-0.05, 0) is 30.2 Å². The summed E-state index contributed by atoms with van der Waals surface area (Å²) in [5.74, 6) is 0.634. The molecule has 6 nitrogen and oxygen atoms in total. The van der Waals surface area contributed by atoms with Gasteiger partial charge in [0.1, 0.15) is 17.9 Å². The van der Waals surface area contributed by atoms with Crippen LogP contribution in [0, 0.1) is 0 Å². The number of hydrogen-bond donors (Lipinski definition) is 2. The zero-order valence-electron chi connectivity index (χ0n) is 13.7. The highest BCUT2D eigenvalue weighted by Crippen LogP contribution is 2.37. The van der Waals surface area contributed by atoms with Gasteiger partial charge >= 0.3 is 0 Å². The molecule has 0 saturated carbocycles. The Kier molecular flexibility index (Phi) is 4.09. The first-order valence-corrected chi connectivity index (χ1v) is 8.48. The Morgan fingerprint density at radius 2 is 2.20 bits per heavy atom. The Morgan fingerprint density at radius 3 is 2.96 bits per heavy atom. The first-order chi connectivity index (χ1) is 12.2. The van der Waals surface area contributed by atoms with Crippen molar-refractivity contribution in [2.24, 2.45) is 0 Å². The zero-order chi connectivity index (χ0) is 17.2. The number of amides is 2. The molecule has 0 unspecified atom stereocenters. The summed E-state index contributed by atoms with van der Waals surface area (Å²) in [6, 6.07) is 11.4. The van der Waals surface area contributed by atoms with Gasteiger partial charge in [0.05, 0.1) is 12.2 Å². The second-order valence-corrected chi connectivity index (χ2v) is 6.36. The van der Waals surface area contributed by atoms with Crippen LogP contribution in [0.1, 0.15) is 18.4 Å². The molecule has 0 bridgehead atoms. The third-order valence-electron chi connectivity index (χ3n) is 4.59. The number of ether oxygens (including phenoxy) is 1. The SMILES string of the molecule is O=C1CC[C@@H](C(=O)NC[C@@H]2Cc3cccc(-c4ccccn4)c3O2)N1. The molecule has 1 fully saturated rings. The number of fused-ring (bicyclic) bond motifs is 1. The van der Waals surface area contributed by atoms with E-state index in [1.165, 1.54) is 0 Å². The lowest BCUT2D eigenvalue weighted by Gasteiger charge is -2.15. The Morgan fingerprint density at radius 1 is 1.28 bits per heavy atom. The van der Waals surface area contributed by atoms with Crippen LogP contribution in [0.2, 0.25) is 0 Å². The van der Waals surface area contributed by atoms with E-state index >= 15 is 0 Å². The minimum atomic E-state index is -0.416. The maximum atomic E-state index is 12.1. The van der Waals surface area contributed by atoms with E-state index in [2.05, 4.69) is 15.6 Å². The van der Waals surface area contributed by atoms with E-state index in [1.54, 1.807) is 6.20 Å². The summed E-state index contributed by atoms with van der Waals surface area (Å²) in [5, 5.41) is 5.56. The van der Waals surface area contributed by atoms with E-state index in [0.29, 0.717) is 19.4 Å². The van der Waals surface area contributed by atoms with Crippen molar-refractivity contribution in [3.05, 3.63) is 48.2 Å². The molecule has 2 amide bonds. The van der Waals surface area contributed by atoms with Crippen molar-refractivity contribution >= 4 is 11.8 Å². The van der Waals surface area contributed by atoms with Gasteiger partial charge in [-0.15, -0.1) is 0 Å². The molecule has 2 N–H and O–H groups in total. The third kappa shape index (κ3) is 3.20. The van der Waals surface area contributed by atoms with Gasteiger partial charge in [0, 0.05) is 24.6 Å². The third-order valence-corrected chi connectivity index (χ3v) is 4.59. The monoisotopic (exact) mass is 337 g/mol. The number of para-hydroxylation sites is 1. The lowest BCUT2D eigenvalue weighted by Crippen LogP contribution is -2.44. The van der Waals surface area contributed by atoms with Crippen LogP contribution in [0.15, 0.2) is 42.6 Å². The van der Waals surface area contributed by atoms with Gasteiger partial charge in [0.2, 0.25) is 11.8 Å². The molecule has 25 heavy (non-hydrogen) atoms. The molecule has 6 heteroatoms. The van der Waals surface area contributed by atoms with Crippen LogP contribution < -0.4 is 15.4 Å². The van der Waals surface area contributed by atoms with Gasteiger partial charge in [0.25, 0.3) is 0 Å². The Labute approximate surface area is 145 Å². The summed E-state index contributed by atoms with van der Waals surface area (Å²) in [7, 11) is 0. The second-order valence-electron chi connectivity index (χ2n) is 6.36. The van der Waals surface area contributed by atoms with Gasteiger partial charge < -0.3 is 15.4 Å². The molecule has 2 aliphatic rings. The largest absolute Gasteiger partial charge is 0.487 e. The minimum Gasteiger partial charge on any atom is -0.487 e. The van der Waals surface area contributed by atoms with Crippen molar-refractivity contribution in [2.75, 3.05) is 6.54 Å². The molecule has 1 saturated heterocycles. The van der Waals surface area contributed by atoms with Crippen LogP contribution in [0.5, 0.6) is 5.75 Å².